The molecule has 5 nitrogen and oxygen atoms in total. The van der Waals surface area contributed by atoms with Crippen LogP contribution in [0.3, 0.4) is 0 Å². The van der Waals surface area contributed by atoms with Crippen LogP contribution in [0.1, 0.15) is 32.8 Å². The molecule has 5 heteroatoms. The Morgan fingerprint density at radius 2 is 1.95 bits per heavy atom. The van der Waals surface area contributed by atoms with E-state index in [2.05, 4.69) is 19.2 Å². The van der Waals surface area contributed by atoms with E-state index in [0.717, 1.165) is 11.3 Å². The fraction of sp³-hybridized carbons (Fsp3) is 0.588. The minimum absolute atomic E-state index is 0.123. The maximum absolute atomic E-state index is 12.0. The molecule has 0 aromatic heterocycles. The van der Waals surface area contributed by atoms with Crippen molar-refractivity contribution in [1.29, 1.82) is 0 Å². The van der Waals surface area contributed by atoms with Crippen LogP contribution in [0.15, 0.2) is 24.3 Å². The second-order valence-electron chi connectivity index (χ2n) is 6.33. The topological polar surface area (TPSA) is 61.8 Å². The van der Waals surface area contributed by atoms with Gasteiger partial charge in [-0.25, -0.2) is 4.79 Å². The molecule has 22 heavy (non-hydrogen) atoms. The predicted molar refractivity (Wildman–Crippen MR) is 88.3 cm³/mol. The van der Waals surface area contributed by atoms with Crippen molar-refractivity contribution in [2.24, 2.45) is 0 Å². The van der Waals surface area contributed by atoms with Crippen molar-refractivity contribution in [1.82, 2.24) is 10.2 Å². The van der Waals surface area contributed by atoms with Crippen LogP contribution in [0.2, 0.25) is 0 Å². The van der Waals surface area contributed by atoms with Gasteiger partial charge in [-0.2, -0.15) is 0 Å². The van der Waals surface area contributed by atoms with Crippen LogP contribution in [0, 0.1) is 0 Å². The van der Waals surface area contributed by atoms with Gasteiger partial charge in [0.2, 0.25) is 0 Å². The monoisotopic (exact) mass is 308 g/mol. The van der Waals surface area contributed by atoms with Gasteiger partial charge in [0, 0.05) is 25.6 Å². The average molecular weight is 308 g/mol. The summed E-state index contributed by atoms with van der Waals surface area (Å²) in [6.07, 6.45) is 0.178. The SMILES string of the molecule is COc1ccc(C(C)(C)CNC(=O)N(C)CCC(C)O)cc1. The van der Waals surface area contributed by atoms with E-state index in [-0.39, 0.29) is 11.4 Å². The average Bonchev–Trinajstić information content (AvgIpc) is 2.50. The Bertz CT molecular complexity index is 469. The first-order valence-corrected chi connectivity index (χ1v) is 7.58. The fourth-order valence-electron chi connectivity index (χ4n) is 2.06. The Morgan fingerprint density at radius 3 is 2.45 bits per heavy atom. The lowest BCUT2D eigenvalue weighted by atomic mass is 9.84. The summed E-state index contributed by atoms with van der Waals surface area (Å²) < 4.78 is 5.16. The van der Waals surface area contributed by atoms with Crippen LogP contribution >= 0.6 is 0 Å². The molecular weight excluding hydrogens is 280 g/mol. The number of carbonyl (C=O) groups is 1. The maximum atomic E-state index is 12.0. The van der Waals surface area contributed by atoms with Gasteiger partial charge in [-0.1, -0.05) is 26.0 Å². The number of nitrogens with zero attached hydrogens (tertiary/aromatic N) is 1. The summed E-state index contributed by atoms with van der Waals surface area (Å²) in [7, 11) is 3.38. The summed E-state index contributed by atoms with van der Waals surface area (Å²) in [6.45, 7) is 6.97. The normalized spacial score (nSPS) is 12.6. The highest BCUT2D eigenvalue weighted by atomic mass is 16.5. The molecule has 0 fully saturated rings. The van der Waals surface area contributed by atoms with Crippen molar-refractivity contribution in [3.8, 4) is 5.75 Å². The molecule has 0 heterocycles. The van der Waals surface area contributed by atoms with Gasteiger partial charge in [0.1, 0.15) is 5.75 Å². The molecule has 0 spiro atoms. The zero-order valence-corrected chi connectivity index (χ0v) is 14.2. The van der Waals surface area contributed by atoms with E-state index in [0.29, 0.717) is 19.5 Å². The molecule has 0 saturated heterocycles. The summed E-state index contributed by atoms with van der Waals surface area (Å²) in [4.78, 5) is 13.6. The number of aliphatic hydroxyl groups is 1. The van der Waals surface area contributed by atoms with Crippen LogP contribution in [0.5, 0.6) is 5.75 Å². The largest absolute Gasteiger partial charge is 0.497 e. The van der Waals surface area contributed by atoms with Crippen molar-refractivity contribution < 1.29 is 14.6 Å². The summed E-state index contributed by atoms with van der Waals surface area (Å²) in [6, 6.07) is 7.76. The number of hydrogen-bond acceptors (Lipinski definition) is 3. The molecular formula is C17H28N2O3. The number of urea groups is 1. The first kappa shape index (κ1) is 18.3. The number of hydrogen-bond donors (Lipinski definition) is 2. The van der Waals surface area contributed by atoms with Crippen LogP contribution in [0.4, 0.5) is 4.79 Å². The Morgan fingerprint density at radius 1 is 1.36 bits per heavy atom. The first-order chi connectivity index (χ1) is 10.3. The Balaban J connectivity index is 2.55. The zero-order chi connectivity index (χ0) is 16.8. The number of methoxy groups -OCH3 is 1. The third-order valence-corrected chi connectivity index (χ3v) is 3.78. The van der Waals surface area contributed by atoms with Gasteiger partial charge < -0.3 is 20.1 Å². The van der Waals surface area contributed by atoms with Gasteiger partial charge >= 0.3 is 6.03 Å². The number of aliphatic hydroxyl groups excluding tert-OH is 1. The molecule has 0 aliphatic carbocycles. The number of nitrogens with one attached hydrogen (secondary N) is 1. The minimum Gasteiger partial charge on any atom is -0.497 e. The molecule has 0 radical (unpaired) electrons. The third kappa shape index (κ3) is 5.56. The van der Waals surface area contributed by atoms with E-state index in [4.69, 9.17) is 4.74 Å². The molecule has 0 saturated carbocycles. The quantitative estimate of drug-likeness (QED) is 0.813. The van der Waals surface area contributed by atoms with E-state index in [1.165, 1.54) is 0 Å². The van der Waals surface area contributed by atoms with Gasteiger partial charge in [-0.3, -0.25) is 0 Å². The third-order valence-electron chi connectivity index (χ3n) is 3.78. The van der Waals surface area contributed by atoms with E-state index < -0.39 is 6.10 Å². The Kier molecular flexibility index (Phi) is 6.68. The first-order valence-electron chi connectivity index (χ1n) is 7.58. The van der Waals surface area contributed by atoms with E-state index in [1.807, 2.05) is 24.3 Å². The number of rotatable bonds is 7. The van der Waals surface area contributed by atoms with Gasteiger partial charge in [-0.15, -0.1) is 0 Å². The Labute approximate surface area is 133 Å². The second kappa shape index (κ2) is 8.03. The highest BCUT2D eigenvalue weighted by molar-refractivity contribution is 5.73. The highest BCUT2D eigenvalue weighted by Crippen LogP contribution is 2.24. The number of ether oxygens (including phenoxy) is 1. The molecule has 1 rings (SSSR count). The van der Waals surface area contributed by atoms with Crippen molar-refractivity contribution >= 4 is 6.03 Å². The van der Waals surface area contributed by atoms with Crippen LogP contribution in [0.25, 0.3) is 0 Å². The number of amides is 2. The van der Waals surface area contributed by atoms with Gasteiger partial charge in [0.05, 0.1) is 13.2 Å². The standard InChI is InChI=1S/C17H28N2O3/c1-13(20)10-11-19(4)16(21)18-12-17(2,3)14-6-8-15(22-5)9-7-14/h6-9,13,20H,10-12H2,1-5H3,(H,18,21). The van der Waals surface area contributed by atoms with Crippen molar-refractivity contribution in [2.45, 2.75) is 38.7 Å². The molecule has 1 aromatic carbocycles. The maximum Gasteiger partial charge on any atom is 0.317 e. The molecule has 0 aliphatic heterocycles. The number of carbonyl (C=O) groups excluding carboxylic acids is 1. The van der Waals surface area contributed by atoms with Gasteiger partial charge in [0.25, 0.3) is 0 Å². The van der Waals surface area contributed by atoms with E-state index in [1.54, 1.807) is 26.0 Å². The van der Waals surface area contributed by atoms with E-state index >= 15 is 0 Å². The summed E-state index contributed by atoms with van der Waals surface area (Å²) in [5, 5.41) is 12.2. The lowest BCUT2D eigenvalue weighted by Gasteiger charge is -2.27. The van der Waals surface area contributed by atoms with Crippen LogP contribution < -0.4 is 10.1 Å². The summed E-state index contributed by atoms with van der Waals surface area (Å²) in [5.41, 5.74) is 0.966. The second-order valence-corrected chi connectivity index (χ2v) is 6.33. The Hall–Kier alpha value is -1.75. The fourth-order valence-corrected chi connectivity index (χ4v) is 2.06. The summed E-state index contributed by atoms with van der Waals surface area (Å²) >= 11 is 0. The molecule has 1 aromatic rings. The van der Waals surface area contributed by atoms with Crippen molar-refractivity contribution in [3.63, 3.8) is 0 Å². The molecule has 0 bridgehead atoms. The zero-order valence-electron chi connectivity index (χ0n) is 14.2. The smallest absolute Gasteiger partial charge is 0.317 e. The lowest BCUT2D eigenvalue weighted by molar-refractivity contribution is 0.163. The van der Waals surface area contributed by atoms with Crippen molar-refractivity contribution in [3.05, 3.63) is 29.8 Å². The minimum atomic E-state index is -0.397. The molecule has 1 atom stereocenters. The van der Waals surface area contributed by atoms with Crippen LogP contribution in [-0.4, -0.2) is 49.4 Å². The molecule has 0 aliphatic rings. The highest BCUT2D eigenvalue weighted by Gasteiger charge is 2.22. The van der Waals surface area contributed by atoms with Gasteiger partial charge in [0.15, 0.2) is 0 Å². The van der Waals surface area contributed by atoms with Crippen molar-refractivity contribution in [2.75, 3.05) is 27.2 Å². The molecule has 2 N–H and O–H groups in total. The molecule has 2 amide bonds. The van der Waals surface area contributed by atoms with E-state index in [9.17, 15) is 9.90 Å². The molecule has 1 unspecified atom stereocenters. The molecule has 124 valence electrons. The van der Waals surface area contributed by atoms with Crippen LogP contribution in [-0.2, 0) is 5.41 Å². The predicted octanol–water partition coefficient (Wildman–Crippen LogP) is 2.39. The number of benzene rings is 1. The lowest BCUT2D eigenvalue weighted by Crippen LogP contribution is -2.43. The summed E-state index contributed by atoms with van der Waals surface area (Å²) in [5.74, 6) is 0.821. The van der Waals surface area contributed by atoms with Gasteiger partial charge in [-0.05, 0) is 31.0 Å².